The third-order valence-electron chi connectivity index (χ3n) is 6.09. The number of aromatic hydroxyl groups is 1. The van der Waals surface area contributed by atoms with Crippen LogP contribution in [0, 0.1) is 0 Å². The van der Waals surface area contributed by atoms with Crippen LogP contribution in [0.2, 0.25) is 0 Å². The predicted molar refractivity (Wildman–Crippen MR) is 123 cm³/mol. The lowest BCUT2D eigenvalue weighted by atomic mass is 9.94. The highest BCUT2D eigenvalue weighted by molar-refractivity contribution is 6.06. The fourth-order valence-corrected chi connectivity index (χ4v) is 4.27. The van der Waals surface area contributed by atoms with E-state index in [1.165, 1.54) is 0 Å². The van der Waals surface area contributed by atoms with Crippen LogP contribution >= 0.6 is 0 Å². The molecule has 168 valence electrons. The molecule has 1 aromatic carbocycles. The predicted octanol–water partition coefficient (Wildman–Crippen LogP) is 3.96. The average Bonchev–Trinajstić information content (AvgIpc) is 3.22. The van der Waals surface area contributed by atoms with E-state index in [9.17, 15) is 14.7 Å². The fourth-order valence-electron chi connectivity index (χ4n) is 4.27. The van der Waals surface area contributed by atoms with Gasteiger partial charge in [-0.3, -0.25) is 9.59 Å². The van der Waals surface area contributed by atoms with Gasteiger partial charge < -0.3 is 15.7 Å². The molecule has 2 aromatic heterocycles. The monoisotopic (exact) mass is 435 g/mol. The molecule has 1 atom stereocenters. The molecule has 8 heteroatoms. The number of hydrogen-bond donors (Lipinski definition) is 3. The summed E-state index contributed by atoms with van der Waals surface area (Å²) >= 11 is 0. The standard InChI is InChI=1S/C24H29N5O3/c1-3-21(15-6-5-7-18(31)12-15)28-24(32)20-13-25-23-19(14-26-29(23)4-2)22(20)27-16-8-10-17(30)11-9-16/h5-7,12-14,16,21,31H,3-4,8-11H2,1-2H3,(H,25,27)(H,28,32). The summed E-state index contributed by atoms with van der Waals surface area (Å²) in [5.74, 6) is 0.212. The Kier molecular flexibility index (Phi) is 6.39. The molecule has 0 bridgehead atoms. The number of carbonyl (C=O) groups is 2. The van der Waals surface area contributed by atoms with Crippen molar-refractivity contribution >= 4 is 28.4 Å². The van der Waals surface area contributed by atoms with Crippen LogP contribution in [0.3, 0.4) is 0 Å². The van der Waals surface area contributed by atoms with Gasteiger partial charge in [-0.1, -0.05) is 19.1 Å². The van der Waals surface area contributed by atoms with Crippen molar-refractivity contribution in [3.05, 3.63) is 47.8 Å². The summed E-state index contributed by atoms with van der Waals surface area (Å²) < 4.78 is 1.80. The number of nitrogens with one attached hydrogen (secondary N) is 2. The Morgan fingerprint density at radius 3 is 2.72 bits per heavy atom. The van der Waals surface area contributed by atoms with E-state index in [1.54, 1.807) is 35.3 Å². The van der Waals surface area contributed by atoms with Crippen LogP contribution in [-0.4, -0.2) is 37.6 Å². The summed E-state index contributed by atoms with van der Waals surface area (Å²) in [5.41, 5.74) is 2.72. The molecule has 1 fully saturated rings. The molecule has 3 N–H and O–H groups in total. The molecule has 1 amide bonds. The minimum atomic E-state index is -0.246. The van der Waals surface area contributed by atoms with E-state index in [2.05, 4.69) is 20.7 Å². The van der Waals surface area contributed by atoms with E-state index in [0.29, 0.717) is 37.1 Å². The Morgan fingerprint density at radius 2 is 2.03 bits per heavy atom. The summed E-state index contributed by atoms with van der Waals surface area (Å²) in [6.07, 6.45) is 6.60. The molecule has 1 aliphatic rings. The van der Waals surface area contributed by atoms with E-state index in [4.69, 9.17) is 0 Å². The van der Waals surface area contributed by atoms with Crippen molar-refractivity contribution in [2.45, 2.75) is 64.6 Å². The van der Waals surface area contributed by atoms with Crippen molar-refractivity contribution in [2.24, 2.45) is 0 Å². The number of rotatable bonds is 7. The van der Waals surface area contributed by atoms with Crippen LogP contribution in [0.25, 0.3) is 11.0 Å². The third-order valence-corrected chi connectivity index (χ3v) is 6.09. The van der Waals surface area contributed by atoms with E-state index in [1.807, 2.05) is 19.9 Å². The van der Waals surface area contributed by atoms with Gasteiger partial charge in [0.05, 0.1) is 28.9 Å². The Labute approximate surface area is 187 Å². The van der Waals surface area contributed by atoms with Crippen molar-refractivity contribution in [2.75, 3.05) is 5.32 Å². The first-order chi connectivity index (χ1) is 15.5. The van der Waals surface area contributed by atoms with Gasteiger partial charge in [0.2, 0.25) is 0 Å². The molecule has 1 aliphatic carbocycles. The second-order valence-corrected chi connectivity index (χ2v) is 8.23. The highest BCUT2D eigenvalue weighted by atomic mass is 16.3. The Hall–Kier alpha value is -3.42. The second kappa shape index (κ2) is 9.38. The number of carbonyl (C=O) groups excluding carboxylic acids is 2. The van der Waals surface area contributed by atoms with Gasteiger partial charge in [0.15, 0.2) is 5.65 Å². The van der Waals surface area contributed by atoms with Crippen LogP contribution in [0.15, 0.2) is 36.7 Å². The number of hydrogen-bond acceptors (Lipinski definition) is 6. The van der Waals surface area contributed by atoms with Gasteiger partial charge in [0, 0.05) is 31.6 Å². The number of nitrogens with zero attached hydrogens (tertiary/aromatic N) is 3. The van der Waals surface area contributed by atoms with E-state index < -0.39 is 0 Å². The Balaban J connectivity index is 1.67. The first-order valence-electron chi connectivity index (χ1n) is 11.2. The molecule has 1 unspecified atom stereocenters. The highest BCUT2D eigenvalue weighted by Gasteiger charge is 2.25. The summed E-state index contributed by atoms with van der Waals surface area (Å²) in [7, 11) is 0. The third kappa shape index (κ3) is 4.44. The van der Waals surface area contributed by atoms with Crippen LogP contribution in [-0.2, 0) is 11.3 Å². The topological polar surface area (TPSA) is 109 Å². The Morgan fingerprint density at radius 1 is 1.25 bits per heavy atom. The van der Waals surface area contributed by atoms with Gasteiger partial charge in [-0.2, -0.15) is 5.10 Å². The number of pyridine rings is 1. The zero-order valence-corrected chi connectivity index (χ0v) is 18.5. The fraction of sp³-hybridized carbons (Fsp3) is 0.417. The van der Waals surface area contributed by atoms with Crippen LogP contribution in [0.4, 0.5) is 5.69 Å². The molecule has 0 spiro atoms. The maximum Gasteiger partial charge on any atom is 0.255 e. The van der Waals surface area contributed by atoms with E-state index in [-0.39, 0.29) is 29.5 Å². The molecule has 8 nitrogen and oxygen atoms in total. The van der Waals surface area contributed by atoms with Gasteiger partial charge in [-0.05, 0) is 43.9 Å². The second-order valence-electron chi connectivity index (χ2n) is 8.23. The SMILES string of the molecule is CCC(NC(=O)c1cnc2c(cnn2CC)c1NC1CCC(=O)CC1)c1cccc(O)c1. The number of phenolic OH excluding ortho intramolecular Hbond substituents is 1. The minimum absolute atomic E-state index is 0.114. The summed E-state index contributed by atoms with van der Waals surface area (Å²) in [6, 6.07) is 6.80. The lowest BCUT2D eigenvalue weighted by molar-refractivity contribution is -0.120. The molecule has 0 saturated heterocycles. The number of amides is 1. The number of fused-ring (bicyclic) bond motifs is 1. The van der Waals surface area contributed by atoms with Crippen LogP contribution in [0.5, 0.6) is 5.75 Å². The molecular formula is C24H29N5O3. The lowest BCUT2D eigenvalue weighted by Gasteiger charge is -2.25. The van der Waals surface area contributed by atoms with Gasteiger partial charge in [0.1, 0.15) is 11.5 Å². The quantitative estimate of drug-likeness (QED) is 0.518. The molecule has 1 saturated carbocycles. The van der Waals surface area contributed by atoms with E-state index >= 15 is 0 Å². The lowest BCUT2D eigenvalue weighted by Crippen LogP contribution is -2.31. The first-order valence-corrected chi connectivity index (χ1v) is 11.2. The largest absolute Gasteiger partial charge is 0.508 e. The molecule has 32 heavy (non-hydrogen) atoms. The van der Waals surface area contributed by atoms with Crippen molar-refractivity contribution < 1.29 is 14.7 Å². The zero-order chi connectivity index (χ0) is 22.7. The molecule has 2 heterocycles. The number of aromatic nitrogens is 3. The molecular weight excluding hydrogens is 406 g/mol. The minimum Gasteiger partial charge on any atom is -0.508 e. The van der Waals surface area contributed by atoms with E-state index in [0.717, 1.165) is 29.4 Å². The molecule has 3 aromatic rings. The van der Waals surface area contributed by atoms with Crippen molar-refractivity contribution in [1.82, 2.24) is 20.1 Å². The molecule has 4 rings (SSSR count). The number of phenols is 1. The van der Waals surface area contributed by atoms with Crippen molar-refractivity contribution in [3.63, 3.8) is 0 Å². The number of Topliss-reactive ketones (excluding diaryl/α,β-unsaturated/α-hetero) is 1. The zero-order valence-electron chi connectivity index (χ0n) is 18.5. The van der Waals surface area contributed by atoms with Crippen molar-refractivity contribution in [1.29, 1.82) is 0 Å². The number of benzene rings is 1. The van der Waals surface area contributed by atoms with Gasteiger partial charge in [-0.15, -0.1) is 0 Å². The first kappa shape index (κ1) is 21.8. The van der Waals surface area contributed by atoms with Gasteiger partial charge in [-0.25, -0.2) is 9.67 Å². The highest BCUT2D eigenvalue weighted by Crippen LogP contribution is 2.30. The van der Waals surface area contributed by atoms with Crippen LogP contribution < -0.4 is 10.6 Å². The van der Waals surface area contributed by atoms with Gasteiger partial charge in [0.25, 0.3) is 5.91 Å². The Bertz CT molecular complexity index is 1130. The average molecular weight is 436 g/mol. The van der Waals surface area contributed by atoms with Crippen molar-refractivity contribution in [3.8, 4) is 5.75 Å². The smallest absolute Gasteiger partial charge is 0.255 e. The summed E-state index contributed by atoms with van der Waals surface area (Å²) in [6.45, 7) is 4.66. The maximum absolute atomic E-state index is 13.4. The summed E-state index contributed by atoms with van der Waals surface area (Å²) in [4.78, 5) is 29.6. The van der Waals surface area contributed by atoms with Crippen LogP contribution in [0.1, 0.15) is 67.9 Å². The number of aryl methyl sites for hydroxylation is 1. The normalized spacial score (nSPS) is 15.6. The van der Waals surface area contributed by atoms with Gasteiger partial charge >= 0.3 is 0 Å². The summed E-state index contributed by atoms with van der Waals surface area (Å²) in [5, 5.41) is 21.7. The molecule has 0 aliphatic heterocycles. The number of anilines is 1. The molecule has 0 radical (unpaired) electrons. The maximum atomic E-state index is 13.4. The number of ketones is 1.